The van der Waals surface area contributed by atoms with Crippen LogP contribution in [0.15, 0.2) is 0 Å². The van der Waals surface area contributed by atoms with Crippen LogP contribution in [0, 0.1) is 11.8 Å². The minimum Gasteiger partial charge on any atom is -0.393 e. The monoisotopic (exact) mass is 284 g/mol. The standard InChI is InChI=1S/C15H28N2O3/c1-10(2)13(18)6-8-16-15(19)17-12-4-3-5-14-11(12)7-9-20-14/h10-14,18H,3-9H2,1-2H3,(H2,16,17,19). The number of hydrogen-bond acceptors (Lipinski definition) is 3. The van der Waals surface area contributed by atoms with Crippen LogP contribution < -0.4 is 10.6 Å². The van der Waals surface area contributed by atoms with Gasteiger partial charge in [0.15, 0.2) is 0 Å². The molecule has 116 valence electrons. The maximum atomic E-state index is 11.9. The van der Waals surface area contributed by atoms with Crippen molar-refractivity contribution in [3.05, 3.63) is 0 Å². The molecule has 2 rings (SSSR count). The third-order valence-electron chi connectivity index (χ3n) is 4.59. The van der Waals surface area contributed by atoms with Crippen molar-refractivity contribution >= 4 is 6.03 Å². The van der Waals surface area contributed by atoms with Gasteiger partial charge in [0.05, 0.1) is 12.2 Å². The largest absolute Gasteiger partial charge is 0.393 e. The number of carbonyl (C=O) groups is 1. The Morgan fingerprint density at radius 1 is 1.35 bits per heavy atom. The first-order chi connectivity index (χ1) is 9.58. The van der Waals surface area contributed by atoms with Gasteiger partial charge in [-0.1, -0.05) is 13.8 Å². The van der Waals surface area contributed by atoms with Crippen LogP contribution in [-0.4, -0.2) is 42.5 Å². The highest BCUT2D eigenvalue weighted by atomic mass is 16.5. The summed E-state index contributed by atoms with van der Waals surface area (Å²) in [5, 5.41) is 15.6. The van der Waals surface area contributed by atoms with Gasteiger partial charge in [-0.15, -0.1) is 0 Å². The molecule has 4 unspecified atom stereocenters. The summed E-state index contributed by atoms with van der Waals surface area (Å²) in [5.41, 5.74) is 0. The molecule has 1 aliphatic carbocycles. The van der Waals surface area contributed by atoms with Crippen molar-refractivity contribution < 1.29 is 14.6 Å². The summed E-state index contributed by atoms with van der Waals surface area (Å²) >= 11 is 0. The second-order valence-electron chi connectivity index (χ2n) is 6.40. The van der Waals surface area contributed by atoms with E-state index in [0.29, 0.717) is 25.0 Å². The molecule has 0 bridgehead atoms. The molecule has 3 N–H and O–H groups in total. The van der Waals surface area contributed by atoms with Crippen LogP contribution in [0.5, 0.6) is 0 Å². The molecule has 0 radical (unpaired) electrons. The topological polar surface area (TPSA) is 70.6 Å². The predicted octanol–water partition coefficient (Wildman–Crippen LogP) is 1.65. The molecule has 2 aliphatic rings. The lowest BCUT2D eigenvalue weighted by molar-refractivity contribution is 0.0549. The molecular weight excluding hydrogens is 256 g/mol. The Kier molecular flexibility index (Phi) is 5.66. The summed E-state index contributed by atoms with van der Waals surface area (Å²) in [6.07, 6.45) is 4.96. The number of aliphatic hydroxyl groups excluding tert-OH is 1. The van der Waals surface area contributed by atoms with E-state index in [1.165, 1.54) is 0 Å². The smallest absolute Gasteiger partial charge is 0.315 e. The van der Waals surface area contributed by atoms with E-state index >= 15 is 0 Å². The summed E-state index contributed by atoms with van der Waals surface area (Å²) in [7, 11) is 0. The van der Waals surface area contributed by atoms with E-state index in [1.54, 1.807) is 0 Å². The van der Waals surface area contributed by atoms with Crippen molar-refractivity contribution in [2.45, 2.75) is 64.2 Å². The Bertz CT molecular complexity index is 322. The summed E-state index contributed by atoms with van der Waals surface area (Å²) in [6, 6.07) is 0.129. The quantitative estimate of drug-likeness (QED) is 0.719. The Morgan fingerprint density at radius 3 is 2.90 bits per heavy atom. The number of aliphatic hydroxyl groups is 1. The van der Waals surface area contributed by atoms with E-state index in [0.717, 1.165) is 32.3 Å². The summed E-state index contributed by atoms with van der Waals surface area (Å²) in [4.78, 5) is 11.9. The maximum absolute atomic E-state index is 11.9. The van der Waals surface area contributed by atoms with Crippen molar-refractivity contribution in [2.75, 3.05) is 13.2 Å². The molecule has 5 nitrogen and oxygen atoms in total. The number of nitrogens with one attached hydrogen (secondary N) is 2. The molecule has 20 heavy (non-hydrogen) atoms. The van der Waals surface area contributed by atoms with Crippen LogP contribution >= 0.6 is 0 Å². The van der Waals surface area contributed by atoms with Crippen LogP contribution in [0.4, 0.5) is 4.79 Å². The number of urea groups is 1. The van der Waals surface area contributed by atoms with Crippen LogP contribution in [0.25, 0.3) is 0 Å². The number of hydrogen-bond donors (Lipinski definition) is 3. The van der Waals surface area contributed by atoms with Crippen molar-refractivity contribution in [3.8, 4) is 0 Å². The van der Waals surface area contributed by atoms with Gasteiger partial charge in [0.1, 0.15) is 0 Å². The van der Waals surface area contributed by atoms with Crippen molar-refractivity contribution in [2.24, 2.45) is 11.8 Å². The van der Waals surface area contributed by atoms with Gasteiger partial charge in [-0.05, 0) is 38.0 Å². The second-order valence-corrected chi connectivity index (χ2v) is 6.40. The molecule has 4 atom stereocenters. The third-order valence-corrected chi connectivity index (χ3v) is 4.59. The third kappa shape index (κ3) is 4.09. The fourth-order valence-corrected chi connectivity index (χ4v) is 3.24. The molecule has 0 aromatic rings. The zero-order valence-corrected chi connectivity index (χ0v) is 12.6. The molecule has 0 aromatic heterocycles. The fourth-order valence-electron chi connectivity index (χ4n) is 3.24. The highest BCUT2D eigenvalue weighted by molar-refractivity contribution is 5.74. The summed E-state index contributed by atoms with van der Waals surface area (Å²) in [5.74, 6) is 0.713. The average molecular weight is 284 g/mol. The Balaban J connectivity index is 1.68. The highest BCUT2D eigenvalue weighted by Gasteiger charge is 2.38. The minimum absolute atomic E-state index is 0.112. The van der Waals surface area contributed by atoms with E-state index in [2.05, 4.69) is 10.6 Å². The van der Waals surface area contributed by atoms with Crippen LogP contribution in [0.3, 0.4) is 0 Å². The fraction of sp³-hybridized carbons (Fsp3) is 0.933. The number of carbonyl (C=O) groups excluding carboxylic acids is 1. The highest BCUT2D eigenvalue weighted by Crippen LogP contribution is 2.34. The molecule has 1 saturated carbocycles. The van der Waals surface area contributed by atoms with E-state index in [9.17, 15) is 9.90 Å². The molecule has 1 saturated heterocycles. The number of ether oxygens (including phenoxy) is 1. The molecular formula is C15H28N2O3. The van der Waals surface area contributed by atoms with E-state index in [-0.39, 0.29) is 24.1 Å². The van der Waals surface area contributed by atoms with Crippen LogP contribution in [-0.2, 0) is 4.74 Å². The SMILES string of the molecule is CC(C)C(O)CCNC(=O)NC1CCCC2OCCC12. The lowest BCUT2D eigenvalue weighted by Gasteiger charge is -2.33. The molecule has 0 aromatic carbocycles. The summed E-state index contributed by atoms with van der Waals surface area (Å²) < 4.78 is 5.70. The molecule has 5 heteroatoms. The predicted molar refractivity (Wildman–Crippen MR) is 77.5 cm³/mol. The van der Waals surface area contributed by atoms with E-state index in [4.69, 9.17) is 4.74 Å². The Labute approximate surface area is 121 Å². The van der Waals surface area contributed by atoms with Gasteiger partial charge in [-0.25, -0.2) is 4.79 Å². The first-order valence-electron chi connectivity index (χ1n) is 7.92. The average Bonchev–Trinajstić information content (AvgIpc) is 2.87. The van der Waals surface area contributed by atoms with Gasteiger partial charge in [0.25, 0.3) is 0 Å². The van der Waals surface area contributed by atoms with Gasteiger partial charge in [-0.3, -0.25) is 0 Å². The van der Waals surface area contributed by atoms with Gasteiger partial charge in [0, 0.05) is 25.1 Å². The van der Waals surface area contributed by atoms with Crippen LogP contribution in [0.1, 0.15) is 46.0 Å². The molecule has 2 fully saturated rings. The Morgan fingerprint density at radius 2 is 2.15 bits per heavy atom. The van der Waals surface area contributed by atoms with E-state index < -0.39 is 0 Å². The zero-order valence-electron chi connectivity index (χ0n) is 12.6. The first-order valence-corrected chi connectivity index (χ1v) is 7.92. The molecule has 0 spiro atoms. The molecule has 1 heterocycles. The van der Waals surface area contributed by atoms with Crippen molar-refractivity contribution in [1.29, 1.82) is 0 Å². The number of fused-ring (bicyclic) bond motifs is 1. The van der Waals surface area contributed by atoms with E-state index in [1.807, 2.05) is 13.8 Å². The normalized spacial score (nSPS) is 30.9. The molecule has 2 amide bonds. The minimum atomic E-state index is -0.349. The van der Waals surface area contributed by atoms with Crippen LogP contribution in [0.2, 0.25) is 0 Å². The lowest BCUT2D eigenvalue weighted by Crippen LogP contribution is -2.49. The van der Waals surface area contributed by atoms with Crippen molar-refractivity contribution in [1.82, 2.24) is 10.6 Å². The zero-order chi connectivity index (χ0) is 14.5. The van der Waals surface area contributed by atoms with Gasteiger partial charge in [0.2, 0.25) is 0 Å². The van der Waals surface area contributed by atoms with Gasteiger partial charge >= 0.3 is 6.03 Å². The maximum Gasteiger partial charge on any atom is 0.315 e. The van der Waals surface area contributed by atoms with Gasteiger partial charge in [-0.2, -0.15) is 0 Å². The lowest BCUT2D eigenvalue weighted by atomic mass is 9.82. The second kappa shape index (κ2) is 7.27. The summed E-state index contributed by atoms with van der Waals surface area (Å²) in [6.45, 7) is 5.30. The first kappa shape index (κ1) is 15.6. The Hall–Kier alpha value is -0.810. The van der Waals surface area contributed by atoms with Gasteiger partial charge < -0.3 is 20.5 Å². The number of amides is 2. The molecule has 1 aliphatic heterocycles. The number of rotatable bonds is 5. The van der Waals surface area contributed by atoms with Crippen molar-refractivity contribution in [3.63, 3.8) is 0 Å².